The summed E-state index contributed by atoms with van der Waals surface area (Å²) in [6.07, 6.45) is 3.82. The van der Waals surface area contributed by atoms with Crippen LogP contribution in [-0.4, -0.2) is 49.0 Å². The molecule has 0 saturated carbocycles. The number of amides is 1. The molecular formula is C9H19ClN2OS. The molecule has 1 saturated heterocycles. The Morgan fingerprint density at radius 3 is 2.64 bits per heavy atom. The Kier molecular flexibility index (Phi) is 8.43. The maximum Gasteiger partial charge on any atom is 0.222 e. The molecule has 0 aliphatic carbocycles. The maximum absolute atomic E-state index is 11.6. The van der Waals surface area contributed by atoms with Gasteiger partial charge in [-0.15, -0.1) is 12.4 Å². The molecule has 5 heteroatoms. The lowest BCUT2D eigenvalue weighted by atomic mass is 10.2. The van der Waals surface area contributed by atoms with Crippen molar-refractivity contribution in [1.82, 2.24) is 10.2 Å². The lowest BCUT2D eigenvalue weighted by Gasteiger charge is -2.27. The van der Waals surface area contributed by atoms with Crippen LogP contribution in [0.5, 0.6) is 0 Å². The van der Waals surface area contributed by atoms with Crippen LogP contribution in [0.2, 0.25) is 0 Å². The Hall–Kier alpha value is 0.0700. The molecule has 1 aliphatic heterocycles. The molecule has 1 rings (SSSR count). The average Bonchev–Trinajstić information content (AvgIpc) is 2.19. The van der Waals surface area contributed by atoms with Gasteiger partial charge in [0, 0.05) is 32.6 Å². The third-order valence-electron chi connectivity index (χ3n) is 2.21. The van der Waals surface area contributed by atoms with E-state index in [1.54, 1.807) is 0 Å². The highest BCUT2D eigenvalue weighted by Crippen LogP contribution is 2.03. The van der Waals surface area contributed by atoms with Crippen molar-refractivity contribution in [3.05, 3.63) is 0 Å². The van der Waals surface area contributed by atoms with E-state index in [4.69, 9.17) is 0 Å². The summed E-state index contributed by atoms with van der Waals surface area (Å²) in [5, 5.41) is 3.24. The van der Waals surface area contributed by atoms with Crippen LogP contribution in [0.3, 0.4) is 0 Å². The second-order valence-electron chi connectivity index (χ2n) is 3.23. The number of carbonyl (C=O) groups is 1. The molecule has 1 N–H and O–H groups in total. The van der Waals surface area contributed by atoms with E-state index in [0.717, 1.165) is 44.8 Å². The van der Waals surface area contributed by atoms with Gasteiger partial charge >= 0.3 is 0 Å². The summed E-state index contributed by atoms with van der Waals surface area (Å²) in [4.78, 5) is 13.5. The van der Waals surface area contributed by atoms with E-state index in [1.807, 2.05) is 16.7 Å². The third-order valence-corrected chi connectivity index (χ3v) is 2.91. The summed E-state index contributed by atoms with van der Waals surface area (Å²) >= 11 is 1.81. The first kappa shape index (κ1) is 14.1. The number of carbonyl (C=O) groups excluding carboxylic acids is 1. The predicted molar refractivity (Wildman–Crippen MR) is 64.3 cm³/mol. The zero-order chi connectivity index (χ0) is 9.52. The maximum atomic E-state index is 11.6. The van der Waals surface area contributed by atoms with Gasteiger partial charge in [0.25, 0.3) is 0 Å². The third kappa shape index (κ3) is 5.08. The first-order valence-corrected chi connectivity index (χ1v) is 6.21. The van der Waals surface area contributed by atoms with Crippen LogP contribution < -0.4 is 5.32 Å². The van der Waals surface area contributed by atoms with E-state index < -0.39 is 0 Å². The van der Waals surface area contributed by atoms with Crippen molar-refractivity contribution in [3.63, 3.8) is 0 Å². The van der Waals surface area contributed by atoms with Crippen LogP contribution in [0.15, 0.2) is 0 Å². The molecule has 3 nitrogen and oxygen atoms in total. The van der Waals surface area contributed by atoms with Crippen LogP contribution in [0.25, 0.3) is 0 Å². The van der Waals surface area contributed by atoms with Crippen molar-refractivity contribution < 1.29 is 4.79 Å². The first-order chi connectivity index (χ1) is 6.34. The number of hydrogen-bond acceptors (Lipinski definition) is 3. The van der Waals surface area contributed by atoms with E-state index >= 15 is 0 Å². The smallest absolute Gasteiger partial charge is 0.222 e. The lowest BCUT2D eigenvalue weighted by Crippen LogP contribution is -2.46. The van der Waals surface area contributed by atoms with Gasteiger partial charge in [-0.3, -0.25) is 4.79 Å². The van der Waals surface area contributed by atoms with E-state index in [1.165, 1.54) is 0 Å². The van der Waals surface area contributed by atoms with Gasteiger partial charge < -0.3 is 10.2 Å². The highest BCUT2D eigenvalue weighted by Gasteiger charge is 2.14. The van der Waals surface area contributed by atoms with Crippen molar-refractivity contribution in [2.24, 2.45) is 0 Å². The average molecular weight is 239 g/mol. The Bertz CT molecular complexity index is 163. The number of nitrogens with zero attached hydrogens (tertiary/aromatic N) is 1. The molecule has 0 aromatic carbocycles. The van der Waals surface area contributed by atoms with Crippen LogP contribution >= 0.6 is 24.2 Å². The van der Waals surface area contributed by atoms with E-state index in [9.17, 15) is 4.79 Å². The van der Waals surface area contributed by atoms with Crippen molar-refractivity contribution in [1.29, 1.82) is 0 Å². The molecule has 0 aromatic heterocycles. The van der Waals surface area contributed by atoms with Gasteiger partial charge in [0.2, 0.25) is 5.91 Å². The zero-order valence-electron chi connectivity index (χ0n) is 8.62. The minimum Gasteiger partial charge on any atom is -0.340 e. The molecule has 0 atom stereocenters. The van der Waals surface area contributed by atoms with Crippen molar-refractivity contribution in [2.75, 3.05) is 38.2 Å². The SMILES string of the molecule is CSCCCC(=O)N1CCNCC1.Cl. The Balaban J connectivity index is 0.00000169. The summed E-state index contributed by atoms with van der Waals surface area (Å²) < 4.78 is 0. The van der Waals surface area contributed by atoms with Crippen molar-refractivity contribution in [3.8, 4) is 0 Å². The topological polar surface area (TPSA) is 32.3 Å². The second kappa shape index (κ2) is 8.38. The summed E-state index contributed by atoms with van der Waals surface area (Å²) in [5.74, 6) is 1.42. The minimum atomic E-state index is 0. The van der Waals surface area contributed by atoms with Gasteiger partial charge in [0.1, 0.15) is 0 Å². The molecule has 0 aromatic rings. The summed E-state index contributed by atoms with van der Waals surface area (Å²) in [6.45, 7) is 3.68. The minimum absolute atomic E-state index is 0. The van der Waals surface area contributed by atoms with E-state index in [-0.39, 0.29) is 12.4 Å². The fourth-order valence-corrected chi connectivity index (χ4v) is 1.87. The van der Waals surface area contributed by atoms with Gasteiger partial charge in [0.05, 0.1) is 0 Å². The van der Waals surface area contributed by atoms with Crippen LogP contribution in [0, 0.1) is 0 Å². The van der Waals surface area contributed by atoms with Crippen molar-refractivity contribution >= 4 is 30.1 Å². The first-order valence-electron chi connectivity index (χ1n) is 4.82. The molecule has 1 aliphatic rings. The zero-order valence-corrected chi connectivity index (χ0v) is 10.3. The predicted octanol–water partition coefficient (Wildman–Crippen LogP) is 0.983. The summed E-state index contributed by atoms with van der Waals surface area (Å²) in [7, 11) is 0. The standard InChI is InChI=1S/C9H18N2OS.ClH/c1-13-8-2-3-9(12)11-6-4-10-5-7-11;/h10H,2-8H2,1H3;1H. The highest BCUT2D eigenvalue weighted by atomic mass is 35.5. The van der Waals surface area contributed by atoms with E-state index in [2.05, 4.69) is 11.6 Å². The number of thioether (sulfide) groups is 1. The molecule has 0 unspecified atom stereocenters. The lowest BCUT2D eigenvalue weighted by molar-refractivity contribution is -0.131. The normalized spacial score (nSPS) is 16.2. The quantitative estimate of drug-likeness (QED) is 0.742. The van der Waals surface area contributed by atoms with Gasteiger partial charge in [-0.1, -0.05) is 0 Å². The van der Waals surface area contributed by atoms with Crippen LogP contribution in [-0.2, 0) is 4.79 Å². The number of halogens is 1. The van der Waals surface area contributed by atoms with Crippen molar-refractivity contribution in [2.45, 2.75) is 12.8 Å². The molecule has 1 heterocycles. The molecule has 1 amide bonds. The largest absolute Gasteiger partial charge is 0.340 e. The van der Waals surface area contributed by atoms with Gasteiger partial charge in [-0.2, -0.15) is 11.8 Å². The molecule has 1 fully saturated rings. The number of nitrogens with one attached hydrogen (secondary N) is 1. The number of hydrogen-bond donors (Lipinski definition) is 1. The fourth-order valence-electron chi connectivity index (χ4n) is 1.44. The Morgan fingerprint density at radius 2 is 2.07 bits per heavy atom. The van der Waals surface area contributed by atoms with Gasteiger partial charge in [-0.25, -0.2) is 0 Å². The highest BCUT2D eigenvalue weighted by molar-refractivity contribution is 7.98. The monoisotopic (exact) mass is 238 g/mol. The summed E-state index contributed by atoms with van der Waals surface area (Å²) in [6, 6.07) is 0. The van der Waals surface area contributed by atoms with Crippen LogP contribution in [0.4, 0.5) is 0 Å². The van der Waals surface area contributed by atoms with E-state index in [0.29, 0.717) is 5.91 Å². The fraction of sp³-hybridized carbons (Fsp3) is 0.889. The van der Waals surface area contributed by atoms with Gasteiger partial charge in [-0.05, 0) is 18.4 Å². The van der Waals surface area contributed by atoms with Crippen LogP contribution in [0.1, 0.15) is 12.8 Å². The molecule has 0 spiro atoms. The number of rotatable bonds is 4. The Labute approximate surface area is 96.4 Å². The Morgan fingerprint density at radius 1 is 1.43 bits per heavy atom. The molecule has 0 bridgehead atoms. The number of piperazine rings is 1. The second-order valence-corrected chi connectivity index (χ2v) is 4.21. The van der Waals surface area contributed by atoms with Gasteiger partial charge in [0.15, 0.2) is 0 Å². The molecule has 14 heavy (non-hydrogen) atoms. The molecular weight excluding hydrogens is 220 g/mol. The molecule has 0 radical (unpaired) electrons. The molecule has 84 valence electrons. The summed E-state index contributed by atoms with van der Waals surface area (Å²) in [5.41, 5.74) is 0.